The standard InChI is InChI=1S/C12H15N5O3/c1-17-5-8(4-14-17)20-11-7-19-6-10(11)15-12(18)9-2-3-13-16-9/h2-5,10-11H,6-7H2,1H3,(H,13,16)(H,15,18)/t10-,11+/m0/s1. The molecule has 0 aromatic carbocycles. The van der Waals surface area contributed by atoms with Gasteiger partial charge in [0.2, 0.25) is 0 Å². The molecule has 2 atom stereocenters. The molecule has 0 spiro atoms. The molecule has 1 amide bonds. The summed E-state index contributed by atoms with van der Waals surface area (Å²) in [6, 6.07) is 1.41. The number of aryl methyl sites for hydroxylation is 1. The molecule has 8 nitrogen and oxygen atoms in total. The summed E-state index contributed by atoms with van der Waals surface area (Å²) < 4.78 is 12.8. The number of ether oxygens (including phenoxy) is 2. The second-order valence-electron chi connectivity index (χ2n) is 4.59. The quantitative estimate of drug-likeness (QED) is 0.801. The summed E-state index contributed by atoms with van der Waals surface area (Å²) >= 11 is 0. The summed E-state index contributed by atoms with van der Waals surface area (Å²) in [5, 5.41) is 13.3. The summed E-state index contributed by atoms with van der Waals surface area (Å²) in [5.74, 6) is 0.432. The number of amides is 1. The number of H-pyrrole nitrogens is 1. The van der Waals surface area contributed by atoms with Gasteiger partial charge in [0.1, 0.15) is 11.8 Å². The maximum Gasteiger partial charge on any atom is 0.269 e. The molecule has 0 bridgehead atoms. The normalized spacial score (nSPS) is 21.9. The highest BCUT2D eigenvalue weighted by Crippen LogP contribution is 2.16. The van der Waals surface area contributed by atoms with Gasteiger partial charge in [-0.05, 0) is 6.07 Å². The number of hydrogen-bond acceptors (Lipinski definition) is 5. The SMILES string of the molecule is Cn1cc(O[C@@H]2COC[C@@H]2NC(=O)c2ccn[nH]2)cn1. The van der Waals surface area contributed by atoms with Crippen LogP contribution in [0.25, 0.3) is 0 Å². The van der Waals surface area contributed by atoms with Crippen LogP contribution >= 0.6 is 0 Å². The average molecular weight is 277 g/mol. The molecular weight excluding hydrogens is 262 g/mol. The van der Waals surface area contributed by atoms with Gasteiger partial charge < -0.3 is 14.8 Å². The van der Waals surface area contributed by atoms with Gasteiger partial charge in [0, 0.05) is 13.2 Å². The third kappa shape index (κ3) is 2.64. The zero-order chi connectivity index (χ0) is 13.9. The van der Waals surface area contributed by atoms with Gasteiger partial charge in [-0.3, -0.25) is 14.6 Å². The van der Waals surface area contributed by atoms with E-state index >= 15 is 0 Å². The van der Waals surface area contributed by atoms with Crippen LogP contribution in [0.15, 0.2) is 24.7 Å². The largest absolute Gasteiger partial charge is 0.482 e. The number of rotatable bonds is 4. The Hall–Kier alpha value is -2.35. The number of nitrogens with zero attached hydrogens (tertiary/aromatic N) is 3. The number of carbonyl (C=O) groups is 1. The molecule has 0 saturated carbocycles. The second-order valence-corrected chi connectivity index (χ2v) is 4.59. The van der Waals surface area contributed by atoms with E-state index in [1.165, 1.54) is 6.20 Å². The van der Waals surface area contributed by atoms with E-state index < -0.39 is 0 Å². The lowest BCUT2D eigenvalue weighted by Crippen LogP contribution is -2.45. The van der Waals surface area contributed by atoms with Crippen LogP contribution in [-0.2, 0) is 11.8 Å². The van der Waals surface area contributed by atoms with Crippen LogP contribution in [-0.4, -0.2) is 51.2 Å². The van der Waals surface area contributed by atoms with E-state index in [1.807, 2.05) is 7.05 Å². The topological polar surface area (TPSA) is 94.1 Å². The third-order valence-corrected chi connectivity index (χ3v) is 3.06. The zero-order valence-electron chi connectivity index (χ0n) is 10.9. The van der Waals surface area contributed by atoms with Crippen LogP contribution in [0.4, 0.5) is 0 Å². The van der Waals surface area contributed by atoms with Crippen molar-refractivity contribution in [1.29, 1.82) is 0 Å². The number of aromatic nitrogens is 4. The Morgan fingerprint density at radius 1 is 1.60 bits per heavy atom. The molecular formula is C12H15N5O3. The van der Waals surface area contributed by atoms with E-state index in [9.17, 15) is 4.79 Å². The average Bonchev–Trinajstić information content (AvgIpc) is 3.13. The van der Waals surface area contributed by atoms with Crippen molar-refractivity contribution in [2.24, 2.45) is 7.05 Å². The minimum absolute atomic E-state index is 0.203. The van der Waals surface area contributed by atoms with Crippen LogP contribution < -0.4 is 10.1 Å². The summed E-state index contributed by atoms with van der Waals surface area (Å²) in [6.45, 7) is 0.855. The number of carbonyl (C=O) groups excluding carboxylic acids is 1. The first-order chi connectivity index (χ1) is 9.72. The molecule has 2 aromatic rings. The predicted octanol–water partition coefficient (Wildman–Crippen LogP) is -0.281. The molecule has 20 heavy (non-hydrogen) atoms. The Labute approximate surface area is 115 Å². The fraction of sp³-hybridized carbons (Fsp3) is 0.417. The van der Waals surface area contributed by atoms with Gasteiger partial charge >= 0.3 is 0 Å². The van der Waals surface area contributed by atoms with E-state index in [2.05, 4.69) is 20.6 Å². The van der Waals surface area contributed by atoms with Crippen molar-refractivity contribution >= 4 is 5.91 Å². The van der Waals surface area contributed by atoms with Gasteiger partial charge in [-0.1, -0.05) is 0 Å². The highest BCUT2D eigenvalue weighted by molar-refractivity contribution is 5.92. The highest BCUT2D eigenvalue weighted by atomic mass is 16.5. The van der Waals surface area contributed by atoms with Crippen molar-refractivity contribution in [3.63, 3.8) is 0 Å². The highest BCUT2D eigenvalue weighted by Gasteiger charge is 2.32. The monoisotopic (exact) mass is 277 g/mol. The Bertz CT molecular complexity index is 580. The van der Waals surface area contributed by atoms with Gasteiger partial charge in [-0.2, -0.15) is 10.2 Å². The Morgan fingerprint density at radius 2 is 2.50 bits per heavy atom. The van der Waals surface area contributed by atoms with Gasteiger partial charge in [0.25, 0.3) is 5.91 Å². The first kappa shape index (κ1) is 12.7. The molecule has 0 aliphatic carbocycles. The number of hydrogen-bond donors (Lipinski definition) is 2. The molecule has 106 valence electrons. The molecule has 8 heteroatoms. The lowest BCUT2D eigenvalue weighted by Gasteiger charge is -2.19. The minimum atomic E-state index is -0.230. The van der Waals surface area contributed by atoms with Gasteiger partial charge in [-0.15, -0.1) is 0 Å². The van der Waals surface area contributed by atoms with Crippen LogP contribution in [0.3, 0.4) is 0 Å². The van der Waals surface area contributed by atoms with Crippen molar-refractivity contribution in [1.82, 2.24) is 25.3 Å². The number of aromatic amines is 1. The lowest BCUT2D eigenvalue weighted by molar-refractivity contribution is 0.0899. The van der Waals surface area contributed by atoms with E-state index in [4.69, 9.17) is 9.47 Å². The minimum Gasteiger partial charge on any atom is -0.482 e. The van der Waals surface area contributed by atoms with Gasteiger partial charge in [0.15, 0.2) is 5.75 Å². The smallest absolute Gasteiger partial charge is 0.269 e. The van der Waals surface area contributed by atoms with Crippen molar-refractivity contribution in [2.45, 2.75) is 12.1 Å². The maximum absolute atomic E-state index is 12.0. The molecule has 2 N–H and O–H groups in total. The number of nitrogens with one attached hydrogen (secondary N) is 2. The molecule has 3 rings (SSSR count). The Balaban J connectivity index is 1.62. The molecule has 0 unspecified atom stereocenters. The summed E-state index contributed by atoms with van der Waals surface area (Å²) in [7, 11) is 1.81. The van der Waals surface area contributed by atoms with Crippen molar-refractivity contribution in [2.75, 3.05) is 13.2 Å². The Morgan fingerprint density at radius 3 is 3.20 bits per heavy atom. The fourth-order valence-corrected chi connectivity index (χ4v) is 2.05. The van der Waals surface area contributed by atoms with E-state index in [0.29, 0.717) is 24.7 Å². The first-order valence-electron chi connectivity index (χ1n) is 6.25. The molecule has 1 saturated heterocycles. The van der Waals surface area contributed by atoms with E-state index in [1.54, 1.807) is 23.1 Å². The van der Waals surface area contributed by atoms with Crippen molar-refractivity contribution in [3.8, 4) is 5.75 Å². The van der Waals surface area contributed by atoms with Crippen molar-refractivity contribution in [3.05, 3.63) is 30.4 Å². The lowest BCUT2D eigenvalue weighted by atomic mass is 10.2. The van der Waals surface area contributed by atoms with Crippen molar-refractivity contribution < 1.29 is 14.3 Å². The van der Waals surface area contributed by atoms with E-state index in [-0.39, 0.29) is 18.1 Å². The first-order valence-corrected chi connectivity index (χ1v) is 6.25. The third-order valence-electron chi connectivity index (χ3n) is 3.06. The van der Waals surface area contributed by atoms with Crippen LogP contribution in [0.5, 0.6) is 5.75 Å². The summed E-state index contributed by atoms with van der Waals surface area (Å²) in [6.07, 6.45) is 4.70. The fourth-order valence-electron chi connectivity index (χ4n) is 2.05. The molecule has 2 aromatic heterocycles. The second kappa shape index (κ2) is 5.33. The molecule has 1 fully saturated rings. The maximum atomic E-state index is 12.0. The van der Waals surface area contributed by atoms with Crippen LogP contribution in [0.2, 0.25) is 0 Å². The Kier molecular flexibility index (Phi) is 3.38. The summed E-state index contributed by atoms with van der Waals surface area (Å²) in [4.78, 5) is 12.0. The predicted molar refractivity (Wildman–Crippen MR) is 68.3 cm³/mol. The molecule has 3 heterocycles. The molecule has 1 aliphatic heterocycles. The summed E-state index contributed by atoms with van der Waals surface area (Å²) in [5.41, 5.74) is 0.414. The van der Waals surface area contributed by atoms with Crippen LogP contribution in [0, 0.1) is 0 Å². The molecule has 0 radical (unpaired) electrons. The molecule has 1 aliphatic rings. The van der Waals surface area contributed by atoms with Crippen LogP contribution in [0.1, 0.15) is 10.5 Å². The van der Waals surface area contributed by atoms with Gasteiger partial charge in [0.05, 0.1) is 31.6 Å². The van der Waals surface area contributed by atoms with Gasteiger partial charge in [-0.25, -0.2) is 0 Å². The van der Waals surface area contributed by atoms with E-state index in [0.717, 1.165) is 0 Å². The zero-order valence-corrected chi connectivity index (χ0v) is 10.9.